The summed E-state index contributed by atoms with van der Waals surface area (Å²) in [6.07, 6.45) is 2.87. The van der Waals surface area contributed by atoms with Gasteiger partial charge in [0, 0.05) is 12.1 Å². The highest BCUT2D eigenvalue weighted by molar-refractivity contribution is 5.27. The zero-order valence-corrected chi connectivity index (χ0v) is 11.1. The lowest BCUT2D eigenvalue weighted by molar-refractivity contribution is 0.362. The third-order valence-electron chi connectivity index (χ3n) is 2.95. The highest BCUT2D eigenvalue weighted by Gasteiger charge is 2.12. The Hall–Kier alpha value is -1.28. The van der Waals surface area contributed by atoms with Crippen molar-refractivity contribution in [1.82, 2.24) is 5.32 Å². The largest absolute Gasteiger partial charge is 0.490 e. The minimum Gasteiger partial charge on any atom is -0.490 e. The average molecular weight is 233 g/mol. The number of rotatable bonds is 7. The maximum Gasteiger partial charge on any atom is 0.119 e. The summed E-state index contributed by atoms with van der Waals surface area (Å²) in [7, 11) is 0. The molecule has 0 heterocycles. The summed E-state index contributed by atoms with van der Waals surface area (Å²) in [6.45, 7) is 11.7. The molecule has 0 unspecified atom stereocenters. The molecule has 0 atom stereocenters. The van der Waals surface area contributed by atoms with Gasteiger partial charge in [-0.05, 0) is 38.0 Å². The average Bonchev–Trinajstić information content (AvgIpc) is 2.35. The van der Waals surface area contributed by atoms with Crippen molar-refractivity contribution in [2.45, 2.75) is 39.3 Å². The van der Waals surface area contributed by atoms with Gasteiger partial charge in [-0.3, -0.25) is 0 Å². The zero-order chi connectivity index (χ0) is 12.7. The van der Waals surface area contributed by atoms with E-state index in [1.54, 1.807) is 6.08 Å². The molecule has 0 aliphatic carbocycles. The first kappa shape index (κ1) is 13.8. The van der Waals surface area contributed by atoms with Gasteiger partial charge in [0.25, 0.3) is 0 Å². The van der Waals surface area contributed by atoms with Crippen molar-refractivity contribution < 1.29 is 4.74 Å². The van der Waals surface area contributed by atoms with E-state index in [4.69, 9.17) is 4.74 Å². The number of hydrogen-bond acceptors (Lipinski definition) is 2. The Morgan fingerprint density at radius 1 is 1.29 bits per heavy atom. The van der Waals surface area contributed by atoms with E-state index in [1.807, 2.05) is 12.1 Å². The molecule has 1 aromatic carbocycles. The maximum atomic E-state index is 5.44. The van der Waals surface area contributed by atoms with Crippen molar-refractivity contribution in [3.05, 3.63) is 42.5 Å². The van der Waals surface area contributed by atoms with Crippen LogP contribution in [0.1, 0.15) is 32.8 Å². The van der Waals surface area contributed by atoms with E-state index in [2.05, 4.69) is 44.8 Å². The van der Waals surface area contributed by atoms with Gasteiger partial charge >= 0.3 is 0 Å². The maximum absolute atomic E-state index is 5.44. The summed E-state index contributed by atoms with van der Waals surface area (Å²) >= 11 is 0. The van der Waals surface area contributed by atoms with Crippen LogP contribution in [0.15, 0.2) is 36.9 Å². The number of nitrogens with one attached hydrogen (secondary N) is 1. The molecule has 0 saturated heterocycles. The second-order valence-electron chi connectivity index (χ2n) is 4.83. The Morgan fingerprint density at radius 2 is 1.94 bits per heavy atom. The Morgan fingerprint density at radius 3 is 2.47 bits per heavy atom. The van der Waals surface area contributed by atoms with Crippen LogP contribution < -0.4 is 10.1 Å². The van der Waals surface area contributed by atoms with Crippen LogP contribution in [0.3, 0.4) is 0 Å². The SMILES string of the molecule is C=CCOc1ccc(CNC(C)(C)CC)cc1. The molecule has 1 rings (SSSR count). The van der Waals surface area contributed by atoms with Gasteiger partial charge in [0.2, 0.25) is 0 Å². The molecule has 17 heavy (non-hydrogen) atoms. The smallest absolute Gasteiger partial charge is 0.119 e. The van der Waals surface area contributed by atoms with Gasteiger partial charge in [0.1, 0.15) is 12.4 Å². The van der Waals surface area contributed by atoms with E-state index in [-0.39, 0.29) is 5.54 Å². The van der Waals surface area contributed by atoms with Crippen LogP contribution in [0, 0.1) is 0 Å². The predicted molar refractivity (Wildman–Crippen MR) is 73.3 cm³/mol. The molecule has 0 spiro atoms. The van der Waals surface area contributed by atoms with E-state index in [9.17, 15) is 0 Å². The van der Waals surface area contributed by atoms with Gasteiger partial charge in [-0.1, -0.05) is 31.7 Å². The van der Waals surface area contributed by atoms with Crippen molar-refractivity contribution in [3.63, 3.8) is 0 Å². The first-order chi connectivity index (χ1) is 8.07. The van der Waals surface area contributed by atoms with Gasteiger partial charge in [-0.2, -0.15) is 0 Å². The van der Waals surface area contributed by atoms with E-state index in [0.717, 1.165) is 18.7 Å². The number of benzene rings is 1. The van der Waals surface area contributed by atoms with Crippen LogP contribution in [-0.2, 0) is 6.54 Å². The number of hydrogen-bond donors (Lipinski definition) is 1. The van der Waals surface area contributed by atoms with E-state index in [1.165, 1.54) is 5.56 Å². The lowest BCUT2D eigenvalue weighted by atomic mass is 10.0. The minimum atomic E-state index is 0.192. The first-order valence-electron chi connectivity index (χ1n) is 6.15. The van der Waals surface area contributed by atoms with Gasteiger partial charge in [-0.25, -0.2) is 0 Å². The summed E-state index contributed by atoms with van der Waals surface area (Å²) in [5.74, 6) is 0.892. The monoisotopic (exact) mass is 233 g/mol. The molecule has 0 bridgehead atoms. The Balaban J connectivity index is 2.48. The zero-order valence-electron chi connectivity index (χ0n) is 11.1. The molecule has 0 aliphatic rings. The van der Waals surface area contributed by atoms with Gasteiger partial charge in [0.15, 0.2) is 0 Å². The highest BCUT2D eigenvalue weighted by Crippen LogP contribution is 2.14. The second-order valence-corrected chi connectivity index (χ2v) is 4.83. The van der Waals surface area contributed by atoms with Crippen LogP contribution in [0.2, 0.25) is 0 Å². The van der Waals surface area contributed by atoms with Crippen LogP contribution >= 0.6 is 0 Å². The molecule has 94 valence electrons. The predicted octanol–water partition coefficient (Wildman–Crippen LogP) is 3.53. The van der Waals surface area contributed by atoms with Crippen LogP contribution in [0.5, 0.6) is 5.75 Å². The van der Waals surface area contributed by atoms with Gasteiger partial charge in [-0.15, -0.1) is 0 Å². The Kier molecular flexibility index (Phi) is 5.23. The fourth-order valence-electron chi connectivity index (χ4n) is 1.33. The summed E-state index contributed by atoms with van der Waals surface area (Å²) in [6, 6.07) is 8.19. The standard InChI is InChI=1S/C15H23NO/c1-5-11-17-14-9-7-13(8-10-14)12-16-15(3,4)6-2/h5,7-10,16H,1,6,11-12H2,2-4H3. The molecule has 1 N–H and O–H groups in total. The topological polar surface area (TPSA) is 21.3 Å². The van der Waals surface area contributed by atoms with Crippen molar-refractivity contribution in [2.24, 2.45) is 0 Å². The lowest BCUT2D eigenvalue weighted by Crippen LogP contribution is -2.37. The van der Waals surface area contributed by atoms with Crippen molar-refractivity contribution >= 4 is 0 Å². The molecular formula is C15H23NO. The van der Waals surface area contributed by atoms with Crippen molar-refractivity contribution in [3.8, 4) is 5.75 Å². The van der Waals surface area contributed by atoms with Crippen LogP contribution in [0.4, 0.5) is 0 Å². The highest BCUT2D eigenvalue weighted by atomic mass is 16.5. The van der Waals surface area contributed by atoms with Crippen LogP contribution in [-0.4, -0.2) is 12.1 Å². The lowest BCUT2D eigenvalue weighted by Gasteiger charge is -2.24. The fraction of sp³-hybridized carbons (Fsp3) is 0.467. The molecule has 0 aliphatic heterocycles. The Labute approximate surface area is 105 Å². The molecule has 0 saturated carbocycles. The van der Waals surface area contributed by atoms with Crippen molar-refractivity contribution in [1.29, 1.82) is 0 Å². The minimum absolute atomic E-state index is 0.192. The number of ether oxygens (including phenoxy) is 1. The summed E-state index contributed by atoms with van der Waals surface area (Å²) in [4.78, 5) is 0. The molecular weight excluding hydrogens is 210 g/mol. The van der Waals surface area contributed by atoms with Gasteiger partial charge < -0.3 is 10.1 Å². The normalized spacial score (nSPS) is 11.2. The van der Waals surface area contributed by atoms with E-state index >= 15 is 0 Å². The third-order valence-corrected chi connectivity index (χ3v) is 2.95. The third kappa shape index (κ3) is 5.05. The van der Waals surface area contributed by atoms with E-state index in [0.29, 0.717) is 6.61 Å². The quantitative estimate of drug-likeness (QED) is 0.727. The molecule has 0 amide bonds. The Bertz CT molecular complexity index is 340. The van der Waals surface area contributed by atoms with E-state index < -0.39 is 0 Å². The summed E-state index contributed by atoms with van der Waals surface area (Å²) in [5, 5.41) is 3.53. The molecule has 0 radical (unpaired) electrons. The molecule has 1 aromatic rings. The molecule has 0 aromatic heterocycles. The van der Waals surface area contributed by atoms with Crippen molar-refractivity contribution in [2.75, 3.05) is 6.61 Å². The molecule has 2 heteroatoms. The van der Waals surface area contributed by atoms with Crippen LogP contribution in [0.25, 0.3) is 0 Å². The summed E-state index contributed by atoms with van der Waals surface area (Å²) in [5.41, 5.74) is 1.47. The first-order valence-corrected chi connectivity index (χ1v) is 6.15. The summed E-state index contributed by atoms with van der Waals surface area (Å²) < 4.78 is 5.44. The molecule has 2 nitrogen and oxygen atoms in total. The second kappa shape index (κ2) is 6.45. The molecule has 0 fully saturated rings. The van der Waals surface area contributed by atoms with Gasteiger partial charge in [0.05, 0.1) is 0 Å². The fourth-order valence-corrected chi connectivity index (χ4v) is 1.33.